The zero-order valence-corrected chi connectivity index (χ0v) is 7.83. The van der Waals surface area contributed by atoms with Gasteiger partial charge in [0.1, 0.15) is 11.9 Å². The van der Waals surface area contributed by atoms with Crippen LogP contribution in [-0.2, 0) is 0 Å². The Morgan fingerprint density at radius 2 is 2.08 bits per heavy atom. The highest BCUT2D eigenvalue weighted by atomic mass is 31.1. The Labute approximate surface area is 73.3 Å². The van der Waals surface area contributed by atoms with E-state index in [-0.39, 0.29) is 0 Å². The van der Waals surface area contributed by atoms with Crippen LogP contribution < -0.4 is 9.63 Å². The quantitative estimate of drug-likeness (QED) is 0.665. The molecule has 64 valence electrons. The summed E-state index contributed by atoms with van der Waals surface area (Å²) in [6.45, 7) is 1.86. The van der Waals surface area contributed by atoms with Crippen LogP contribution >= 0.6 is 7.77 Å². The SMILES string of the molecule is CC[P+]([O-])=COc1ccccc1. The van der Waals surface area contributed by atoms with E-state index in [4.69, 9.17) is 4.74 Å². The van der Waals surface area contributed by atoms with Gasteiger partial charge in [-0.1, -0.05) is 18.2 Å². The Morgan fingerprint density at radius 1 is 1.42 bits per heavy atom. The Hall–Kier alpha value is -0.850. The van der Waals surface area contributed by atoms with E-state index < -0.39 is 7.77 Å². The van der Waals surface area contributed by atoms with E-state index in [0.29, 0.717) is 6.16 Å². The minimum atomic E-state index is -1.30. The maximum Gasteiger partial charge on any atom is 0.257 e. The molecule has 0 fully saturated rings. The lowest BCUT2D eigenvalue weighted by atomic mass is 10.3. The van der Waals surface area contributed by atoms with E-state index in [1.807, 2.05) is 37.3 Å². The average Bonchev–Trinajstić information content (AvgIpc) is 2.16. The van der Waals surface area contributed by atoms with Crippen molar-refractivity contribution < 1.29 is 9.63 Å². The fourth-order valence-corrected chi connectivity index (χ4v) is 1.08. The number of hydrogen-bond acceptors (Lipinski definition) is 2. The number of rotatable bonds is 3. The van der Waals surface area contributed by atoms with Gasteiger partial charge in [-0.3, -0.25) is 0 Å². The summed E-state index contributed by atoms with van der Waals surface area (Å²) in [4.78, 5) is 11.0. The van der Waals surface area contributed by atoms with Crippen molar-refractivity contribution in [2.75, 3.05) is 6.16 Å². The van der Waals surface area contributed by atoms with Gasteiger partial charge in [0, 0.05) is 0 Å². The summed E-state index contributed by atoms with van der Waals surface area (Å²) >= 11 is 0. The van der Waals surface area contributed by atoms with Crippen LogP contribution in [0.2, 0.25) is 0 Å². The van der Waals surface area contributed by atoms with Gasteiger partial charge >= 0.3 is 0 Å². The third-order valence-corrected chi connectivity index (χ3v) is 2.33. The van der Waals surface area contributed by atoms with Crippen molar-refractivity contribution in [3.8, 4) is 5.75 Å². The first-order valence-electron chi connectivity index (χ1n) is 3.81. The molecule has 0 N–H and O–H groups in total. The fourth-order valence-electron chi connectivity index (χ4n) is 0.693. The third kappa shape index (κ3) is 3.04. The monoisotopic (exact) mass is 182 g/mol. The maximum atomic E-state index is 11.0. The van der Waals surface area contributed by atoms with E-state index in [2.05, 4.69) is 0 Å². The molecule has 2 nitrogen and oxygen atoms in total. The number of benzene rings is 1. The molecule has 1 aromatic carbocycles. The molecular weight excluding hydrogens is 171 g/mol. The van der Waals surface area contributed by atoms with Gasteiger partial charge in [0.25, 0.3) is 5.98 Å². The molecule has 1 unspecified atom stereocenters. The van der Waals surface area contributed by atoms with Crippen molar-refractivity contribution in [1.82, 2.24) is 0 Å². The van der Waals surface area contributed by atoms with Crippen LogP contribution in [-0.4, -0.2) is 12.1 Å². The molecule has 0 aromatic heterocycles. The summed E-state index contributed by atoms with van der Waals surface area (Å²) in [6.07, 6.45) is 0.627. The molecule has 0 radical (unpaired) electrons. The van der Waals surface area contributed by atoms with Gasteiger partial charge in [0.15, 0.2) is 0 Å². The molecule has 12 heavy (non-hydrogen) atoms. The van der Waals surface area contributed by atoms with Crippen LogP contribution in [0.25, 0.3) is 0 Å². The predicted molar refractivity (Wildman–Crippen MR) is 50.6 cm³/mol. The first-order valence-corrected chi connectivity index (χ1v) is 5.33. The standard InChI is InChI=1S/C9H11O2P/c1-2-12(10)8-11-9-6-4-3-5-7-9/h3-8H,2H2,1H3. The summed E-state index contributed by atoms with van der Waals surface area (Å²) in [5.41, 5.74) is 0. The summed E-state index contributed by atoms with van der Waals surface area (Å²) in [7, 11) is -1.30. The molecule has 0 aliphatic carbocycles. The highest BCUT2D eigenvalue weighted by Gasteiger charge is 1.92. The van der Waals surface area contributed by atoms with Gasteiger partial charge in [-0.2, -0.15) is 0 Å². The molecule has 0 aliphatic heterocycles. The normalized spacial score (nSPS) is 11.3. The molecular formula is C9H11O2P. The molecule has 0 amide bonds. The predicted octanol–water partition coefficient (Wildman–Crippen LogP) is 1.60. The van der Waals surface area contributed by atoms with E-state index in [9.17, 15) is 4.89 Å². The topological polar surface area (TPSA) is 32.3 Å². The largest absolute Gasteiger partial charge is 0.628 e. The lowest BCUT2D eigenvalue weighted by molar-refractivity contribution is -0.152. The van der Waals surface area contributed by atoms with Crippen LogP contribution in [0.15, 0.2) is 30.3 Å². The third-order valence-electron chi connectivity index (χ3n) is 1.36. The van der Waals surface area contributed by atoms with Gasteiger partial charge in [0.05, 0.1) is 7.77 Å². The summed E-state index contributed by atoms with van der Waals surface area (Å²) in [5.74, 6) is 2.12. The average molecular weight is 182 g/mol. The van der Waals surface area contributed by atoms with Crippen molar-refractivity contribution in [3.63, 3.8) is 0 Å². The highest BCUT2D eigenvalue weighted by Crippen LogP contribution is 2.11. The molecule has 0 saturated heterocycles. The second kappa shape index (κ2) is 4.91. The number of hydrogen-bond donors (Lipinski definition) is 0. The number of ether oxygens (including phenoxy) is 1. The van der Waals surface area contributed by atoms with Crippen LogP contribution in [0.5, 0.6) is 5.75 Å². The summed E-state index contributed by atoms with van der Waals surface area (Å²) in [6, 6.07) is 9.32. The second-order valence-corrected chi connectivity index (χ2v) is 3.95. The van der Waals surface area contributed by atoms with E-state index in [1.165, 1.54) is 5.98 Å². The van der Waals surface area contributed by atoms with Gasteiger partial charge in [0.2, 0.25) is 0 Å². The first-order chi connectivity index (χ1) is 5.83. The second-order valence-electron chi connectivity index (χ2n) is 2.27. The fraction of sp³-hybridized carbons (Fsp3) is 0.222. The molecule has 3 heteroatoms. The van der Waals surface area contributed by atoms with Crippen LogP contribution in [0.4, 0.5) is 0 Å². The lowest BCUT2D eigenvalue weighted by Gasteiger charge is -1.97. The van der Waals surface area contributed by atoms with Crippen molar-refractivity contribution in [2.45, 2.75) is 6.92 Å². The molecule has 1 rings (SSSR count). The van der Waals surface area contributed by atoms with Crippen molar-refractivity contribution in [2.24, 2.45) is 0 Å². The first kappa shape index (κ1) is 9.24. The molecule has 0 aliphatic rings. The van der Waals surface area contributed by atoms with Crippen LogP contribution in [0.3, 0.4) is 0 Å². The van der Waals surface area contributed by atoms with Gasteiger partial charge in [-0.25, -0.2) is 0 Å². The summed E-state index contributed by atoms with van der Waals surface area (Å²) < 4.78 is 5.15. The number of para-hydroxylation sites is 1. The smallest absolute Gasteiger partial charge is 0.257 e. The molecule has 0 saturated carbocycles. The zero-order chi connectivity index (χ0) is 8.81. The van der Waals surface area contributed by atoms with Crippen molar-refractivity contribution >= 4 is 13.8 Å². The van der Waals surface area contributed by atoms with Gasteiger partial charge < -0.3 is 9.63 Å². The highest BCUT2D eigenvalue weighted by molar-refractivity contribution is 7.49. The van der Waals surface area contributed by atoms with Crippen LogP contribution in [0, 0.1) is 0 Å². The Bertz CT molecular complexity index is 256. The maximum absolute atomic E-state index is 11.0. The zero-order valence-electron chi connectivity index (χ0n) is 6.93. The van der Waals surface area contributed by atoms with Crippen LogP contribution in [0.1, 0.15) is 6.92 Å². The minimum absolute atomic E-state index is 0.627. The molecule has 0 bridgehead atoms. The van der Waals surface area contributed by atoms with E-state index in [0.717, 1.165) is 5.75 Å². The van der Waals surface area contributed by atoms with E-state index in [1.54, 1.807) is 0 Å². The molecule has 1 aromatic rings. The molecule has 0 heterocycles. The Kier molecular flexibility index (Phi) is 3.78. The molecule has 1 atom stereocenters. The van der Waals surface area contributed by atoms with Gasteiger partial charge in [-0.15, -0.1) is 0 Å². The summed E-state index contributed by atoms with van der Waals surface area (Å²) in [5, 5.41) is 0. The lowest BCUT2D eigenvalue weighted by Crippen LogP contribution is -1.97. The van der Waals surface area contributed by atoms with Crippen molar-refractivity contribution in [1.29, 1.82) is 0 Å². The minimum Gasteiger partial charge on any atom is -0.628 e. The molecule has 0 spiro atoms. The Morgan fingerprint density at radius 3 is 2.67 bits per heavy atom. The van der Waals surface area contributed by atoms with Crippen molar-refractivity contribution in [3.05, 3.63) is 30.3 Å². The Balaban J connectivity index is 2.54. The van der Waals surface area contributed by atoms with E-state index >= 15 is 0 Å². The van der Waals surface area contributed by atoms with Gasteiger partial charge in [-0.05, 0) is 19.1 Å².